The SMILES string of the molecule is CC(C)(N)C(=O)NCCNC(=O)c1ccc(Br)cc1. The average Bonchev–Trinajstić information content (AvgIpc) is 2.33. The Balaban J connectivity index is 2.32. The number of nitrogens with one attached hydrogen (secondary N) is 2. The molecule has 0 aliphatic heterocycles. The molecule has 0 saturated heterocycles. The maximum Gasteiger partial charge on any atom is 0.251 e. The summed E-state index contributed by atoms with van der Waals surface area (Å²) in [7, 11) is 0. The van der Waals surface area contributed by atoms with Gasteiger partial charge in [-0.2, -0.15) is 0 Å². The summed E-state index contributed by atoms with van der Waals surface area (Å²) in [6.07, 6.45) is 0. The number of hydrogen-bond acceptors (Lipinski definition) is 3. The standard InChI is InChI=1S/C13H18BrN3O2/c1-13(2,15)12(19)17-8-7-16-11(18)9-3-5-10(14)6-4-9/h3-6H,7-8,15H2,1-2H3,(H,16,18)(H,17,19). The molecule has 104 valence electrons. The van der Waals surface area contributed by atoms with Crippen molar-refractivity contribution < 1.29 is 9.59 Å². The van der Waals surface area contributed by atoms with E-state index in [0.29, 0.717) is 18.7 Å². The Labute approximate surface area is 121 Å². The van der Waals surface area contributed by atoms with Gasteiger partial charge in [0.25, 0.3) is 5.91 Å². The summed E-state index contributed by atoms with van der Waals surface area (Å²) < 4.78 is 0.918. The van der Waals surface area contributed by atoms with Crippen LogP contribution >= 0.6 is 15.9 Å². The van der Waals surface area contributed by atoms with Gasteiger partial charge in [-0.25, -0.2) is 0 Å². The molecule has 0 aliphatic rings. The van der Waals surface area contributed by atoms with Gasteiger partial charge in [0, 0.05) is 23.1 Å². The molecule has 1 rings (SSSR count). The largest absolute Gasteiger partial charge is 0.353 e. The summed E-state index contributed by atoms with van der Waals surface area (Å²) in [5, 5.41) is 5.37. The number of rotatable bonds is 5. The zero-order valence-electron chi connectivity index (χ0n) is 11.0. The topological polar surface area (TPSA) is 84.2 Å². The minimum Gasteiger partial charge on any atom is -0.353 e. The number of carbonyl (C=O) groups is 2. The Hall–Kier alpha value is -1.40. The lowest BCUT2D eigenvalue weighted by Crippen LogP contribution is -2.50. The summed E-state index contributed by atoms with van der Waals surface area (Å²) >= 11 is 3.30. The fourth-order valence-electron chi connectivity index (χ4n) is 1.28. The second-order valence-electron chi connectivity index (χ2n) is 4.74. The highest BCUT2D eigenvalue weighted by Crippen LogP contribution is 2.10. The molecule has 0 aliphatic carbocycles. The maximum atomic E-state index is 11.7. The number of amides is 2. The Kier molecular flexibility index (Phi) is 5.50. The molecule has 0 aromatic heterocycles. The number of carbonyl (C=O) groups excluding carboxylic acids is 2. The van der Waals surface area contributed by atoms with Crippen LogP contribution in [0.1, 0.15) is 24.2 Å². The van der Waals surface area contributed by atoms with E-state index in [1.807, 2.05) is 0 Å². The fourth-order valence-corrected chi connectivity index (χ4v) is 1.55. The van der Waals surface area contributed by atoms with Crippen LogP contribution in [0.15, 0.2) is 28.7 Å². The first-order chi connectivity index (χ1) is 8.80. The van der Waals surface area contributed by atoms with Crippen LogP contribution in [0.3, 0.4) is 0 Å². The van der Waals surface area contributed by atoms with E-state index in [9.17, 15) is 9.59 Å². The molecule has 0 saturated carbocycles. The molecule has 0 unspecified atom stereocenters. The number of benzene rings is 1. The molecule has 0 fully saturated rings. The zero-order valence-corrected chi connectivity index (χ0v) is 12.6. The first kappa shape index (κ1) is 15.7. The highest BCUT2D eigenvalue weighted by atomic mass is 79.9. The van der Waals surface area contributed by atoms with E-state index >= 15 is 0 Å². The monoisotopic (exact) mass is 327 g/mol. The van der Waals surface area contributed by atoms with Crippen molar-refractivity contribution in [2.24, 2.45) is 5.73 Å². The van der Waals surface area contributed by atoms with Gasteiger partial charge < -0.3 is 16.4 Å². The summed E-state index contributed by atoms with van der Waals surface area (Å²) in [4.78, 5) is 23.2. The van der Waals surface area contributed by atoms with Crippen LogP contribution in [-0.4, -0.2) is 30.4 Å². The van der Waals surface area contributed by atoms with Crippen LogP contribution in [0.4, 0.5) is 0 Å². The van der Waals surface area contributed by atoms with Crippen molar-refractivity contribution in [1.82, 2.24) is 10.6 Å². The van der Waals surface area contributed by atoms with Gasteiger partial charge in [-0.1, -0.05) is 15.9 Å². The van der Waals surface area contributed by atoms with E-state index in [-0.39, 0.29) is 11.8 Å². The Morgan fingerprint density at radius 1 is 1.16 bits per heavy atom. The molecule has 1 aromatic rings. The quantitative estimate of drug-likeness (QED) is 0.706. The predicted octanol–water partition coefficient (Wildman–Crippen LogP) is 1.03. The summed E-state index contributed by atoms with van der Waals surface area (Å²) in [6, 6.07) is 7.04. The van der Waals surface area contributed by atoms with Crippen molar-refractivity contribution in [3.05, 3.63) is 34.3 Å². The van der Waals surface area contributed by atoms with E-state index < -0.39 is 5.54 Å². The molecule has 6 heteroatoms. The van der Waals surface area contributed by atoms with Gasteiger partial charge in [-0.3, -0.25) is 9.59 Å². The molecule has 0 spiro atoms. The van der Waals surface area contributed by atoms with Crippen LogP contribution in [0.5, 0.6) is 0 Å². The van der Waals surface area contributed by atoms with Gasteiger partial charge in [0.1, 0.15) is 0 Å². The molecule has 2 amide bonds. The van der Waals surface area contributed by atoms with E-state index in [0.717, 1.165) is 4.47 Å². The van der Waals surface area contributed by atoms with Crippen molar-refractivity contribution in [3.63, 3.8) is 0 Å². The first-order valence-corrected chi connectivity index (χ1v) is 6.71. The van der Waals surface area contributed by atoms with E-state index in [4.69, 9.17) is 5.73 Å². The number of hydrogen-bond donors (Lipinski definition) is 3. The van der Waals surface area contributed by atoms with Crippen LogP contribution < -0.4 is 16.4 Å². The lowest BCUT2D eigenvalue weighted by atomic mass is 10.1. The molecule has 5 nitrogen and oxygen atoms in total. The Morgan fingerprint density at radius 3 is 2.21 bits per heavy atom. The third-order valence-electron chi connectivity index (χ3n) is 2.39. The van der Waals surface area contributed by atoms with Gasteiger partial charge in [-0.05, 0) is 38.1 Å². The highest BCUT2D eigenvalue weighted by Gasteiger charge is 2.20. The van der Waals surface area contributed by atoms with Gasteiger partial charge >= 0.3 is 0 Å². The predicted molar refractivity (Wildman–Crippen MR) is 77.8 cm³/mol. The molecule has 0 bridgehead atoms. The smallest absolute Gasteiger partial charge is 0.251 e. The zero-order chi connectivity index (χ0) is 14.5. The van der Waals surface area contributed by atoms with Crippen LogP contribution in [0.25, 0.3) is 0 Å². The molecule has 4 N–H and O–H groups in total. The minimum absolute atomic E-state index is 0.172. The number of halogens is 1. The molecule has 0 atom stereocenters. The fraction of sp³-hybridized carbons (Fsp3) is 0.385. The first-order valence-electron chi connectivity index (χ1n) is 5.91. The Morgan fingerprint density at radius 2 is 1.68 bits per heavy atom. The minimum atomic E-state index is -0.907. The molecule has 1 aromatic carbocycles. The Bertz CT molecular complexity index is 452. The van der Waals surface area contributed by atoms with Crippen molar-refractivity contribution in [1.29, 1.82) is 0 Å². The normalized spacial score (nSPS) is 10.9. The second-order valence-corrected chi connectivity index (χ2v) is 5.66. The highest BCUT2D eigenvalue weighted by molar-refractivity contribution is 9.10. The molecule has 19 heavy (non-hydrogen) atoms. The molecule has 0 heterocycles. The van der Waals surface area contributed by atoms with Crippen molar-refractivity contribution >= 4 is 27.7 Å². The lowest BCUT2D eigenvalue weighted by molar-refractivity contribution is -0.125. The van der Waals surface area contributed by atoms with E-state index in [2.05, 4.69) is 26.6 Å². The van der Waals surface area contributed by atoms with Gasteiger partial charge in [-0.15, -0.1) is 0 Å². The number of nitrogens with two attached hydrogens (primary N) is 1. The van der Waals surface area contributed by atoms with Crippen molar-refractivity contribution in [2.75, 3.05) is 13.1 Å². The van der Waals surface area contributed by atoms with Crippen LogP contribution in [0, 0.1) is 0 Å². The summed E-state index contributed by atoms with van der Waals surface area (Å²) in [5.74, 6) is -0.417. The second kappa shape index (κ2) is 6.68. The molecular formula is C13H18BrN3O2. The summed E-state index contributed by atoms with van der Waals surface area (Å²) in [5.41, 5.74) is 5.29. The van der Waals surface area contributed by atoms with Crippen LogP contribution in [-0.2, 0) is 4.79 Å². The molecule has 0 radical (unpaired) electrons. The van der Waals surface area contributed by atoms with Crippen LogP contribution in [0.2, 0.25) is 0 Å². The van der Waals surface area contributed by atoms with Gasteiger partial charge in [0.05, 0.1) is 5.54 Å². The van der Waals surface area contributed by atoms with Gasteiger partial charge in [0.2, 0.25) is 5.91 Å². The summed E-state index contributed by atoms with van der Waals surface area (Å²) in [6.45, 7) is 3.96. The maximum absolute atomic E-state index is 11.7. The lowest BCUT2D eigenvalue weighted by Gasteiger charge is -2.17. The van der Waals surface area contributed by atoms with E-state index in [1.165, 1.54) is 0 Å². The van der Waals surface area contributed by atoms with Gasteiger partial charge in [0.15, 0.2) is 0 Å². The third-order valence-corrected chi connectivity index (χ3v) is 2.92. The van der Waals surface area contributed by atoms with Crippen molar-refractivity contribution in [2.45, 2.75) is 19.4 Å². The van der Waals surface area contributed by atoms with Crippen molar-refractivity contribution in [3.8, 4) is 0 Å². The van der Waals surface area contributed by atoms with E-state index in [1.54, 1.807) is 38.1 Å². The average molecular weight is 328 g/mol. The third kappa shape index (κ3) is 5.40. The molecular weight excluding hydrogens is 310 g/mol.